The molecule has 110 valence electrons. The van der Waals surface area contributed by atoms with Crippen molar-refractivity contribution in [1.29, 1.82) is 0 Å². The van der Waals surface area contributed by atoms with Crippen molar-refractivity contribution in [2.45, 2.75) is 25.4 Å². The fraction of sp³-hybridized carbons (Fsp3) is 0.222. The predicted octanol–water partition coefficient (Wildman–Crippen LogP) is 3.93. The van der Waals surface area contributed by atoms with Crippen LogP contribution in [0.15, 0.2) is 54.6 Å². The monoisotopic (exact) mass is 291 g/mol. The number of hydrogen-bond acceptors (Lipinski definition) is 3. The summed E-state index contributed by atoms with van der Waals surface area (Å²) in [5.74, 6) is 3.22. The van der Waals surface area contributed by atoms with Crippen molar-refractivity contribution in [3.05, 3.63) is 66.0 Å². The van der Waals surface area contributed by atoms with Gasteiger partial charge >= 0.3 is 0 Å². The molecule has 0 unspecified atom stereocenters. The number of aromatic amines is 1. The highest BCUT2D eigenvalue weighted by Crippen LogP contribution is 2.38. The van der Waals surface area contributed by atoms with Crippen LogP contribution in [0.25, 0.3) is 11.4 Å². The Morgan fingerprint density at radius 1 is 1.00 bits per heavy atom. The van der Waals surface area contributed by atoms with Crippen LogP contribution in [0.1, 0.15) is 30.1 Å². The highest BCUT2D eigenvalue weighted by atomic mass is 16.5. The first-order valence-corrected chi connectivity index (χ1v) is 7.58. The zero-order valence-corrected chi connectivity index (χ0v) is 12.2. The number of benzene rings is 2. The number of nitrogens with one attached hydrogen (secondary N) is 1. The van der Waals surface area contributed by atoms with Crippen LogP contribution in [0.3, 0.4) is 0 Å². The molecule has 1 fully saturated rings. The maximum absolute atomic E-state index is 5.79. The molecule has 1 N–H and O–H groups in total. The zero-order valence-electron chi connectivity index (χ0n) is 12.2. The standard InChI is InChI=1S/C18H17N3O/c1-2-4-13(5-3-1)12-22-16-10-8-15(9-11-16)18-19-17(20-21-18)14-6-7-14/h1-5,8-11,14H,6-7,12H2,(H,19,20,21). The summed E-state index contributed by atoms with van der Waals surface area (Å²) < 4.78 is 5.79. The van der Waals surface area contributed by atoms with Gasteiger partial charge < -0.3 is 4.74 Å². The van der Waals surface area contributed by atoms with Crippen molar-refractivity contribution in [2.75, 3.05) is 0 Å². The molecule has 0 bridgehead atoms. The molecule has 4 nitrogen and oxygen atoms in total. The van der Waals surface area contributed by atoms with E-state index in [1.54, 1.807) is 0 Å². The second-order valence-corrected chi connectivity index (χ2v) is 5.62. The van der Waals surface area contributed by atoms with Gasteiger partial charge in [-0.25, -0.2) is 4.98 Å². The largest absolute Gasteiger partial charge is 0.489 e. The van der Waals surface area contributed by atoms with Crippen LogP contribution in [0, 0.1) is 0 Å². The predicted molar refractivity (Wildman–Crippen MR) is 84.6 cm³/mol. The number of H-pyrrole nitrogens is 1. The number of rotatable bonds is 5. The molecule has 1 saturated carbocycles. The molecule has 0 aliphatic heterocycles. The van der Waals surface area contributed by atoms with E-state index in [9.17, 15) is 0 Å². The third-order valence-electron chi connectivity index (χ3n) is 3.83. The SMILES string of the molecule is c1ccc(COc2ccc(-c3n[nH]c(C4CC4)n3)cc2)cc1. The molecule has 0 saturated heterocycles. The second-order valence-electron chi connectivity index (χ2n) is 5.62. The molecule has 4 heteroatoms. The molecule has 0 radical (unpaired) electrons. The van der Waals surface area contributed by atoms with Gasteiger partial charge in [-0.05, 0) is 42.7 Å². The van der Waals surface area contributed by atoms with Gasteiger partial charge in [-0.15, -0.1) is 0 Å². The molecule has 0 atom stereocenters. The number of aromatic nitrogens is 3. The minimum absolute atomic E-state index is 0.576. The van der Waals surface area contributed by atoms with E-state index < -0.39 is 0 Å². The lowest BCUT2D eigenvalue weighted by molar-refractivity contribution is 0.306. The van der Waals surface area contributed by atoms with Crippen molar-refractivity contribution in [3.63, 3.8) is 0 Å². The Labute approximate surface area is 129 Å². The summed E-state index contributed by atoms with van der Waals surface area (Å²) in [6.07, 6.45) is 2.45. The summed E-state index contributed by atoms with van der Waals surface area (Å²) in [7, 11) is 0. The quantitative estimate of drug-likeness (QED) is 0.775. The molecule has 22 heavy (non-hydrogen) atoms. The molecule has 0 spiro atoms. The van der Waals surface area contributed by atoms with Gasteiger partial charge in [-0.1, -0.05) is 30.3 Å². The summed E-state index contributed by atoms with van der Waals surface area (Å²) in [6.45, 7) is 0.576. The zero-order chi connectivity index (χ0) is 14.8. The van der Waals surface area contributed by atoms with E-state index >= 15 is 0 Å². The molecule has 1 aliphatic carbocycles. The topological polar surface area (TPSA) is 50.8 Å². The van der Waals surface area contributed by atoms with Gasteiger partial charge in [0.1, 0.15) is 18.2 Å². The van der Waals surface area contributed by atoms with Gasteiger partial charge in [0.15, 0.2) is 5.82 Å². The molecule has 1 aromatic heterocycles. The van der Waals surface area contributed by atoms with Crippen molar-refractivity contribution in [3.8, 4) is 17.1 Å². The van der Waals surface area contributed by atoms with E-state index in [1.807, 2.05) is 42.5 Å². The minimum atomic E-state index is 0.576. The van der Waals surface area contributed by atoms with E-state index in [1.165, 1.54) is 12.8 Å². The molecule has 1 aliphatic rings. The summed E-state index contributed by atoms with van der Waals surface area (Å²) in [6, 6.07) is 18.1. The lowest BCUT2D eigenvalue weighted by Gasteiger charge is -2.06. The Balaban J connectivity index is 1.43. The third-order valence-corrected chi connectivity index (χ3v) is 3.83. The van der Waals surface area contributed by atoms with Crippen LogP contribution in [0.5, 0.6) is 5.75 Å². The average molecular weight is 291 g/mol. The second kappa shape index (κ2) is 5.64. The van der Waals surface area contributed by atoms with Gasteiger partial charge in [0.25, 0.3) is 0 Å². The Hall–Kier alpha value is -2.62. The molecular formula is C18H17N3O. The fourth-order valence-electron chi connectivity index (χ4n) is 2.38. The van der Waals surface area contributed by atoms with Crippen LogP contribution < -0.4 is 4.74 Å². The summed E-state index contributed by atoms with van der Waals surface area (Å²) in [5, 5.41) is 7.33. The Bertz CT molecular complexity index is 746. The van der Waals surface area contributed by atoms with E-state index in [-0.39, 0.29) is 0 Å². The highest BCUT2D eigenvalue weighted by Gasteiger charge is 2.27. The van der Waals surface area contributed by atoms with Crippen molar-refractivity contribution < 1.29 is 4.74 Å². The highest BCUT2D eigenvalue weighted by molar-refractivity contribution is 5.56. The Morgan fingerprint density at radius 2 is 1.77 bits per heavy atom. The van der Waals surface area contributed by atoms with E-state index in [0.717, 1.165) is 28.5 Å². The van der Waals surface area contributed by atoms with Gasteiger partial charge in [-0.3, -0.25) is 5.10 Å². The van der Waals surface area contributed by atoms with Gasteiger partial charge in [0, 0.05) is 11.5 Å². The molecular weight excluding hydrogens is 274 g/mol. The maximum Gasteiger partial charge on any atom is 0.181 e. The van der Waals surface area contributed by atoms with Crippen LogP contribution >= 0.6 is 0 Å². The van der Waals surface area contributed by atoms with Crippen molar-refractivity contribution >= 4 is 0 Å². The molecule has 4 rings (SSSR count). The van der Waals surface area contributed by atoms with Crippen molar-refractivity contribution in [1.82, 2.24) is 15.2 Å². The Morgan fingerprint density at radius 3 is 2.50 bits per heavy atom. The van der Waals surface area contributed by atoms with E-state index in [4.69, 9.17) is 4.74 Å². The van der Waals surface area contributed by atoms with Crippen LogP contribution in [0.2, 0.25) is 0 Å². The van der Waals surface area contributed by atoms with E-state index in [2.05, 4.69) is 27.3 Å². The lowest BCUT2D eigenvalue weighted by atomic mass is 10.2. The van der Waals surface area contributed by atoms with Gasteiger partial charge in [0.05, 0.1) is 0 Å². The molecule has 0 amide bonds. The van der Waals surface area contributed by atoms with E-state index in [0.29, 0.717) is 12.5 Å². The van der Waals surface area contributed by atoms with Crippen LogP contribution in [-0.4, -0.2) is 15.2 Å². The summed E-state index contributed by atoms with van der Waals surface area (Å²) >= 11 is 0. The van der Waals surface area contributed by atoms with Crippen LogP contribution in [0.4, 0.5) is 0 Å². The number of ether oxygens (including phenoxy) is 1. The first-order chi connectivity index (χ1) is 10.9. The van der Waals surface area contributed by atoms with Gasteiger partial charge in [0.2, 0.25) is 0 Å². The maximum atomic E-state index is 5.79. The summed E-state index contributed by atoms with van der Waals surface area (Å²) in [5.41, 5.74) is 2.17. The number of hydrogen-bond donors (Lipinski definition) is 1. The lowest BCUT2D eigenvalue weighted by Crippen LogP contribution is -1.94. The third kappa shape index (κ3) is 2.86. The minimum Gasteiger partial charge on any atom is -0.489 e. The molecule has 1 heterocycles. The van der Waals surface area contributed by atoms with Gasteiger partial charge in [-0.2, -0.15) is 5.10 Å². The normalized spacial score (nSPS) is 14.0. The smallest absolute Gasteiger partial charge is 0.181 e. The first kappa shape index (κ1) is 13.1. The fourth-order valence-corrected chi connectivity index (χ4v) is 2.38. The van der Waals surface area contributed by atoms with Crippen LogP contribution in [-0.2, 0) is 6.61 Å². The Kier molecular flexibility index (Phi) is 3.35. The first-order valence-electron chi connectivity index (χ1n) is 7.58. The number of nitrogens with zero attached hydrogens (tertiary/aromatic N) is 2. The van der Waals surface area contributed by atoms with Crippen molar-refractivity contribution in [2.24, 2.45) is 0 Å². The molecule has 3 aromatic rings. The molecule has 2 aromatic carbocycles. The average Bonchev–Trinajstić information content (AvgIpc) is 3.32. The summed E-state index contributed by atoms with van der Waals surface area (Å²) in [4.78, 5) is 4.56.